The van der Waals surface area contributed by atoms with Crippen LogP contribution in [0.3, 0.4) is 0 Å². The molecule has 0 radical (unpaired) electrons. The van der Waals surface area contributed by atoms with E-state index in [4.69, 9.17) is 0 Å². The van der Waals surface area contributed by atoms with Crippen LogP contribution in [0, 0.1) is 0 Å². The molecular formula is C17H18BrN3O4S. The lowest BCUT2D eigenvalue weighted by atomic mass is 10.2. The first-order valence-electron chi connectivity index (χ1n) is 7.56. The first-order valence-corrected chi connectivity index (χ1v) is 10.2. The Balaban J connectivity index is 2.11. The lowest BCUT2D eigenvalue weighted by molar-refractivity contribution is -0.115. The van der Waals surface area contributed by atoms with Gasteiger partial charge in [-0.3, -0.25) is 13.9 Å². The van der Waals surface area contributed by atoms with Crippen LogP contribution in [0.2, 0.25) is 0 Å². The number of hydrogen-bond acceptors (Lipinski definition) is 4. The molecule has 26 heavy (non-hydrogen) atoms. The first-order chi connectivity index (χ1) is 12.1. The molecule has 0 saturated heterocycles. The van der Waals surface area contributed by atoms with Gasteiger partial charge in [-0.2, -0.15) is 0 Å². The molecule has 0 heterocycles. The summed E-state index contributed by atoms with van der Waals surface area (Å²) in [6.45, 7) is 1.04. The number of benzene rings is 2. The lowest BCUT2D eigenvalue weighted by Gasteiger charge is -2.22. The number of sulfonamides is 1. The molecular weight excluding hydrogens is 422 g/mol. The predicted molar refractivity (Wildman–Crippen MR) is 106 cm³/mol. The Hall–Kier alpha value is -2.39. The van der Waals surface area contributed by atoms with E-state index in [1.165, 1.54) is 6.92 Å². The Bertz CT molecular complexity index is 914. The number of carbonyl (C=O) groups excluding carboxylic acids is 2. The van der Waals surface area contributed by atoms with Crippen LogP contribution < -0.4 is 14.9 Å². The average Bonchev–Trinajstić information content (AvgIpc) is 2.53. The van der Waals surface area contributed by atoms with Gasteiger partial charge in [-0.05, 0) is 42.5 Å². The molecule has 2 aromatic rings. The predicted octanol–water partition coefficient (Wildman–Crippen LogP) is 2.81. The van der Waals surface area contributed by atoms with Crippen molar-refractivity contribution in [3.63, 3.8) is 0 Å². The van der Waals surface area contributed by atoms with Crippen molar-refractivity contribution in [3.8, 4) is 0 Å². The number of rotatable bonds is 6. The Kier molecular flexibility index (Phi) is 6.38. The maximum absolute atomic E-state index is 12.3. The molecule has 0 aliphatic heterocycles. The number of amides is 2. The van der Waals surface area contributed by atoms with Crippen molar-refractivity contribution in [1.29, 1.82) is 0 Å². The molecule has 138 valence electrons. The maximum atomic E-state index is 12.3. The molecule has 0 fully saturated rings. The van der Waals surface area contributed by atoms with Crippen molar-refractivity contribution in [2.45, 2.75) is 6.92 Å². The standard InChI is InChI=1S/C17H18BrN3O4S/c1-12(22)19-14-6-8-15(9-7-14)20-17(23)11-21(26(2,24)25)16-5-3-4-13(18)10-16/h3-10H,11H2,1-2H3,(H,19,22)(H,20,23). The van der Waals surface area contributed by atoms with Crippen molar-refractivity contribution in [3.05, 3.63) is 53.0 Å². The van der Waals surface area contributed by atoms with Gasteiger partial charge in [-0.1, -0.05) is 22.0 Å². The van der Waals surface area contributed by atoms with Crippen LogP contribution in [0.4, 0.5) is 17.1 Å². The maximum Gasteiger partial charge on any atom is 0.245 e. The van der Waals surface area contributed by atoms with Gasteiger partial charge in [-0.25, -0.2) is 8.42 Å². The summed E-state index contributed by atoms with van der Waals surface area (Å²) in [7, 11) is -3.64. The molecule has 0 spiro atoms. The van der Waals surface area contributed by atoms with Crippen LogP contribution >= 0.6 is 15.9 Å². The Labute approximate surface area is 160 Å². The highest BCUT2D eigenvalue weighted by molar-refractivity contribution is 9.10. The van der Waals surface area contributed by atoms with Gasteiger partial charge in [-0.15, -0.1) is 0 Å². The van der Waals surface area contributed by atoms with Crippen LogP contribution in [-0.4, -0.2) is 33.0 Å². The number of nitrogens with one attached hydrogen (secondary N) is 2. The van der Waals surface area contributed by atoms with E-state index >= 15 is 0 Å². The van der Waals surface area contributed by atoms with Gasteiger partial charge in [0.2, 0.25) is 21.8 Å². The zero-order chi connectivity index (χ0) is 19.3. The molecule has 0 aliphatic rings. The summed E-state index contributed by atoms with van der Waals surface area (Å²) in [5.41, 5.74) is 1.48. The SMILES string of the molecule is CC(=O)Nc1ccc(NC(=O)CN(c2cccc(Br)c2)S(C)(=O)=O)cc1. The van der Waals surface area contributed by atoms with Gasteiger partial charge < -0.3 is 10.6 Å². The van der Waals surface area contributed by atoms with Gasteiger partial charge in [0.15, 0.2) is 0 Å². The topological polar surface area (TPSA) is 95.6 Å². The minimum atomic E-state index is -3.64. The van der Waals surface area contributed by atoms with E-state index in [1.54, 1.807) is 48.5 Å². The van der Waals surface area contributed by atoms with E-state index < -0.39 is 15.9 Å². The fraction of sp³-hybridized carbons (Fsp3) is 0.176. The van der Waals surface area contributed by atoms with Gasteiger partial charge in [0.05, 0.1) is 11.9 Å². The summed E-state index contributed by atoms with van der Waals surface area (Å²) in [6.07, 6.45) is 1.05. The third-order valence-corrected chi connectivity index (χ3v) is 4.91. The van der Waals surface area contributed by atoms with Gasteiger partial charge >= 0.3 is 0 Å². The molecule has 0 aliphatic carbocycles. The number of nitrogens with zero attached hydrogens (tertiary/aromatic N) is 1. The van der Waals surface area contributed by atoms with Crippen molar-refractivity contribution in [2.75, 3.05) is 27.7 Å². The fourth-order valence-corrected chi connectivity index (χ4v) is 3.44. The Morgan fingerprint density at radius 1 is 1.04 bits per heavy atom. The molecule has 0 saturated carbocycles. The highest BCUT2D eigenvalue weighted by atomic mass is 79.9. The highest BCUT2D eigenvalue weighted by Gasteiger charge is 2.21. The van der Waals surface area contributed by atoms with E-state index in [0.717, 1.165) is 10.6 Å². The van der Waals surface area contributed by atoms with Crippen LogP contribution in [0.25, 0.3) is 0 Å². The van der Waals surface area contributed by atoms with Crippen molar-refractivity contribution >= 4 is 54.8 Å². The van der Waals surface area contributed by atoms with Crippen LogP contribution in [-0.2, 0) is 19.6 Å². The van der Waals surface area contributed by atoms with Crippen LogP contribution in [0.1, 0.15) is 6.92 Å². The molecule has 2 rings (SSSR count). The van der Waals surface area contributed by atoms with Crippen LogP contribution in [0.15, 0.2) is 53.0 Å². The summed E-state index contributed by atoms with van der Waals surface area (Å²) in [5.74, 6) is -0.678. The van der Waals surface area contributed by atoms with E-state index in [2.05, 4.69) is 26.6 Å². The quantitative estimate of drug-likeness (QED) is 0.722. The minimum absolute atomic E-state index is 0.195. The van der Waals surface area contributed by atoms with E-state index in [-0.39, 0.29) is 12.5 Å². The summed E-state index contributed by atoms with van der Waals surface area (Å²) < 4.78 is 25.9. The third-order valence-electron chi connectivity index (χ3n) is 3.27. The second kappa shape index (κ2) is 8.33. The van der Waals surface area contributed by atoms with Gasteiger partial charge in [0.25, 0.3) is 0 Å². The summed E-state index contributed by atoms with van der Waals surface area (Å²) in [4.78, 5) is 23.3. The molecule has 7 nitrogen and oxygen atoms in total. The average molecular weight is 440 g/mol. The third kappa shape index (κ3) is 5.85. The largest absolute Gasteiger partial charge is 0.326 e. The van der Waals surface area contributed by atoms with Gasteiger partial charge in [0.1, 0.15) is 6.54 Å². The molecule has 2 N–H and O–H groups in total. The Morgan fingerprint density at radius 3 is 2.12 bits per heavy atom. The van der Waals surface area contributed by atoms with E-state index in [9.17, 15) is 18.0 Å². The van der Waals surface area contributed by atoms with Gasteiger partial charge in [0, 0.05) is 22.8 Å². The number of halogens is 1. The molecule has 0 aromatic heterocycles. The highest BCUT2D eigenvalue weighted by Crippen LogP contribution is 2.22. The smallest absolute Gasteiger partial charge is 0.245 e. The van der Waals surface area contributed by atoms with Crippen LogP contribution in [0.5, 0.6) is 0 Å². The summed E-state index contributed by atoms with van der Waals surface area (Å²) in [5, 5.41) is 5.26. The van der Waals surface area contributed by atoms with Crippen molar-refractivity contribution in [2.24, 2.45) is 0 Å². The second-order valence-electron chi connectivity index (χ2n) is 5.56. The molecule has 0 bridgehead atoms. The monoisotopic (exact) mass is 439 g/mol. The molecule has 9 heteroatoms. The molecule has 2 aromatic carbocycles. The molecule has 2 amide bonds. The second-order valence-corrected chi connectivity index (χ2v) is 8.38. The summed E-state index contributed by atoms with van der Waals surface area (Å²) in [6, 6.07) is 13.2. The number of anilines is 3. The Morgan fingerprint density at radius 2 is 1.62 bits per heavy atom. The van der Waals surface area contributed by atoms with Crippen molar-refractivity contribution < 1.29 is 18.0 Å². The lowest BCUT2D eigenvalue weighted by Crippen LogP contribution is -2.37. The number of hydrogen-bond donors (Lipinski definition) is 2. The zero-order valence-electron chi connectivity index (χ0n) is 14.2. The van der Waals surface area contributed by atoms with E-state index in [0.29, 0.717) is 21.5 Å². The molecule has 0 unspecified atom stereocenters. The summed E-state index contributed by atoms with van der Waals surface area (Å²) >= 11 is 3.29. The normalized spacial score (nSPS) is 10.9. The van der Waals surface area contributed by atoms with Crippen molar-refractivity contribution in [1.82, 2.24) is 0 Å². The van der Waals surface area contributed by atoms with E-state index in [1.807, 2.05) is 0 Å². The first kappa shape index (κ1) is 19.9. The zero-order valence-corrected chi connectivity index (χ0v) is 16.6. The number of carbonyl (C=O) groups is 2. The molecule has 0 atom stereocenters. The minimum Gasteiger partial charge on any atom is -0.326 e. The fourth-order valence-electron chi connectivity index (χ4n) is 2.20.